The van der Waals surface area contributed by atoms with Crippen molar-refractivity contribution < 1.29 is 19.5 Å². The molecule has 4 rings (SSSR count). The first-order valence-electron chi connectivity index (χ1n) is 13.7. The van der Waals surface area contributed by atoms with E-state index in [9.17, 15) is 19.5 Å². The number of likely N-dealkylation sites (tertiary alicyclic amines) is 1. The molecule has 3 aliphatic heterocycles. The van der Waals surface area contributed by atoms with Crippen LogP contribution in [0.25, 0.3) is 0 Å². The molecule has 3 fully saturated rings. The number of nitrogens with zero attached hydrogens (tertiary/aromatic N) is 3. The molecular weight excluding hydrogens is 534 g/mol. The van der Waals surface area contributed by atoms with E-state index in [0.717, 1.165) is 12.8 Å². The lowest BCUT2D eigenvalue weighted by Crippen LogP contribution is -2.58. The summed E-state index contributed by atoms with van der Waals surface area (Å²) in [6, 6.07) is 5.67. The average molecular weight is 574 g/mol. The van der Waals surface area contributed by atoms with Gasteiger partial charge in [0.1, 0.15) is 6.04 Å². The molecule has 0 saturated carbocycles. The van der Waals surface area contributed by atoms with Crippen molar-refractivity contribution in [2.24, 2.45) is 17.8 Å². The first kappa shape index (κ1) is 29.7. The lowest BCUT2D eigenvalue weighted by molar-refractivity contribution is -0.146. The zero-order valence-electron chi connectivity index (χ0n) is 23.3. The normalized spacial score (nSPS) is 30.6. The number of anilines is 1. The second-order valence-electron chi connectivity index (χ2n) is 11.3. The third kappa shape index (κ3) is 4.72. The van der Waals surface area contributed by atoms with Crippen molar-refractivity contribution in [1.29, 1.82) is 0 Å². The fourth-order valence-electron chi connectivity index (χ4n) is 6.93. The predicted octanol–water partition coefficient (Wildman–Crippen LogP) is 4.39. The van der Waals surface area contributed by atoms with Crippen LogP contribution < -0.4 is 4.90 Å². The summed E-state index contributed by atoms with van der Waals surface area (Å²) in [5.74, 6) is -1.77. The minimum Gasteiger partial charge on any atom is -0.394 e. The molecule has 1 aromatic rings. The lowest BCUT2D eigenvalue weighted by Gasteiger charge is -2.41. The van der Waals surface area contributed by atoms with Gasteiger partial charge >= 0.3 is 0 Å². The molecule has 3 saturated heterocycles. The maximum absolute atomic E-state index is 14.7. The Hall–Kier alpha value is -2.29. The predicted molar refractivity (Wildman–Crippen MR) is 158 cm³/mol. The molecule has 1 aromatic carbocycles. The van der Waals surface area contributed by atoms with Crippen LogP contribution in [0.5, 0.6) is 0 Å². The Balaban J connectivity index is 1.87. The summed E-state index contributed by atoms with van der Waals surface area (Å²) in [4.78, 5) is 48.0. The van der Waals surface area contributed by atoms with Gasteiger partial charge < -0.3 is 19.8 Å². The van der Waals surface area contributed by atoms with E-state index in [0.29, 0.717) is 23.7 Å². The summed E-state index contributed by atoms with van der Waals surface area (Å²) in [6.45, 7) is 14.1. The highest BCUT2D eigenvalue weighted by Gasteiger charge is 2.78. The second-order valence-corrected chi connectivity index (χ2v) is 13.7. The molecule has 3 heterocycles. The summed E-state index contributed by atoms with van der Waals surface area (Å²) >= 11 is 7.77. The van der Waals surface area contributed by atoms with Crippen molar-refractivity contribution in [3.63, 3.8) is 0 Å². The van der Waals surface area contributed by atoms with Crippen molar-refractivity contribution in [3.05, 3.63) is 54.6 Å². The van der Waals surface area contributed by atoms with Gasteiger partial charge in [-0.1, -0.05) is 44.0 Å². The first-order chi connectivity index (χ1) is 18.5. The Labute approximate surface area is 241 Å². The minimum atomic E-state index is -0.828. The minimum absolute atomic E-state index is 0.0387. The molecule has 1 spiro atoms. The first-order valence-corrected chi connectivity index (χ1v) is 14.9. The number of rotatable bonds is 11. The van der Waals surface area contributed by atoms with Crippen molar-refractivity contribution in [2.45, 2.75) is 61.6 Å². The number of carbonyl (C=O) groups is 3. The standard InChI is InChI=1S/C30H40ClN3O4S/c1-7-16-32(6)26(36)23-24-27(37)34(22(18-35)19(4)9-3)25(30(24)15-14-29(23,5)39-30)28(38)33(17-8-2)21-12-10-20(31)11-13-21/h7-8,10-13,19,22-25,35H,1-2,9,14-18H2,3-6H3/t19-,22-,23+,24-,25?,29-,30?/m0/s1. The van der Waals surface area contributed by atoms with Crippen LogP contribution in [0.1, 0.15) is 40.0 Å². The summed E-state index contributed by atoms with van der Waals surface area (Å²) in [5, 5.41) is 11.1. The van der Waals surface area contributed by atoms with Crippen LogP contribution in [0.15, 0.2) is 49.6 Å². The van der Waals surface area contributed by atoms with Crippen molar-refractivity contribution in [2.75, 3.05) is 31.6 Å². The maximum atomic E-state index is 14.7. The van der Waals surface area contributed by atoms with Crippen molar-refractivity contribution in [1.82, 2.24) is 9.80 Å². The topological polar surface area (TPSA) is 81.2 Å². The highest BCUT2D eigenvalue weighted by Crippen LogP contribution is 2.72. The zero-order chi connectivity index (χ0) is 28.7. The smallest absolute Gasteiger partial charge is 0.251 e. The van der Waals surface area contributed by atoms with Gasteiger partial charge in [0.05, 0.1) is 29.2 Å². The second kappa shape index (κ2) is 11.3. The SMILES string of the molecule is C=CCN(C)C(=O)[C@H]1[C@H]2C(=O)N([C@@H](CO)[C@@H](C)CC)C(C(=O)N(CC=C)c3ccc(Cl)cc3)C23CC[C@]1(C)S3. The maximum Gasteiger partial charge on any atom is 0.251 e. The summed E-state index contributed by atoms with van der Waals surface area (Å²) in [7, 11) is 1.73. The molecule has 39 heavy (non-hydrogen) atoms. The molecule has 3 aliphatic rings. The monoisotopic (exact) mass is 573 g/mol. The molecule has 2 unspecified atom stereocenters. The Bertz CT molecular complexity index is 1150. The molecular formula is C30H40ClN3O4S. The van der Waals surface area contributed by atoms with E-state index in [1.54, 1.807) is 69.9 Å². The highest BCUT2D eigenvalue weighted by atomic mass is 35.5. The molecule has 1 N–H and O–H groups in total. The van der Waals surface area contributed by atoms with Crippen molar-refractivity contribution in [3.8, 4) is 0 Å². The zero-order valence-corrected chi connectivity index (χ0v) is 24.9. The van der Waals surface area contributed by atoms with Gasteiger partial charge in [-0.25, -0.2) is 0 Å². The lowest BCUT2D eigenvalue weighted by atomic mass is 9.66. The van der Waals surface area contributed by atoms with Crippen LogP contribution in [0.3, 0.4) is 0 Å². The van der Waals surface area contributed by atoms with Crippen LogP contribution in [-0.4, -0.2) is 80.9 Å². The number of benzene rings is 1. The van der Waals surface area contributed by atoms with Gasteiger partial charge in [0.15, 0.2) is 0 Å². The van der Waals surface area contributed by atoms with Gasteiger partial charge in [0.25, 0.3) is 5.91 Å². The third-order valence-electron chi connectivity index (χ3n) is 9.05. The number of likely N-dealkylation sites (N-methyl/N-ethyl adjacent to an activating group) is 1. The van der Waals surface area contributed by atoms with Gasteiger partial charge in [0.2, 0.25) is 11.8 Å². The molecule has 0 aromatic heterocycles. The van der Waals surface area contributed by atoms with Crippen molar-refractivity contribution >= 4 is 46.8 Å². The fourth-order valence-corrected chi connectivity index (χ4v) is 9.39. The van der Waals surface area contributed by atoms with Gasteiger partial charge in [-0.05, 0) is 49.9 Å². The summed E-state index contributed by atoms with van der Waals surface area (Å²) in [6.07, 6.45) is 5.45. The van der Waals surface area contributed by atoms with E-state index in [1.807, 2.05) is 13.8 Å². The van der Waals surface area contributed by atoms with Crippen LogP contribution in [0.2, 0.25) is 5.02 Å². The van der Waals surface area contributed by atoms with E-state index in [4.69, 9.17) is 11.6 Å². The highest BCUT2D eigenvalue weighted by molar-refractivity contribution is 8.02. The number of hydrogen-bond acceptors (Lipinski definition) is 5. The van der Waals surface area contributed by atoms with Gasteiger partial charge in [-0.15, -0.1) is 24.9 Å². The molecule has 3 amide bonds. The molecule has 7 atom stereocenters. The van der Waals surface area contributed by atoms with E-state index >= 15 is 0 Å². The number of fused-ring (bicyclic) bond motifs is 1. The Morgan fingerprint density at radius 3 is 2.41 bits per heavy atom. The molecule has 9 heteroatoms. The Morgan fingerprint density at radius 1 is 1.21 bits per heavy atom. The fraction of sp³-hybridized carbons (Fsp3) is 0.567. The van der Waals surface area contributed by atoms with Gasteiger partial charge in [0, 0.05) is 35.6 Å². The molecule has 212 valence electrons. The van der Waals surface area contributed by atoms with E-state index < -0.39 is 33.4 Å². The number of halogens is 1. The quantitative estimate of drug-likeness (QED) is 0.397. The van der Waals surface area contributed by atoms with Crippen LogP contribution >= 0.6 is 23.4 Å². The Kier molecular flexibility index (Phi) is 8.60. The van der Waals surface area contributed by atoms with Crippen LogP contribution in [0.4, 0.5) is 5.69 Å². The average Bonchev–Trinajstić information content (AvgIpc) is 3.48. The van der Waals surface area contributed by atoms with Crippen LogP contribution in [0, 0.1) is 17.8 Å². The van der Waals surface area contributed by atoms with Gasteiger partial charge in [-0.2, -0.15) is 0 Å². The molecule has 0 radical (unpaired) electrons. The number of hydrogen-bond donors (Lipinski definition) is 1. The largest absolute Gasteiger partial charge is 0.394 e. The van der Waals surface area contributed by atoms with Gasteiger partial charge in [-0.3, -0.25) is 14.4 Å². The molecule has 2 bridgehead atoms. The molecule has 0 aliphatic carbocycles. The van der Waals surface area contributed by atoms with E-state index in [1.165, 1.54) is 0 Å². The van der Waals surface area contributed by atoms with E-state index in [2.05, 4.69) is 20.1 Å². The van der Waals surface area contributed by atoms with E-state index in [-0.39, 0.29) is 36.8 Å². The summed E-state index contributed by atoms with van der Waals surface area (Å²) in [5.41, 5.74) is 0.655. The Morgan fingerprint density at radius 2 is 1.85 bits per heavy atom. The third-order valence-corrected chi connectivity index (χ3v) is 11.3. The summed E-state index contributed by atoms with van der Waals surface area (Å²) < 4.78 is -1.24. The number of aliphatic hydroxyl groups excluding tert-OH is 1. The number of carbonyl (C=O) groups excluding carboxylic acids is 3. The number of thioether (sulfide) groups is 1. The molecule has 7 nitrogen and oxygen atoms in total. The number of aliphatic hydroxyl groups is 1. The number of amides is 3. The van der Waals surface area contributed by atoms with Crippen LogP contribution in [-0.2, 0) is 14.4 Å².